The van der Waals surface area contributed by atoms with Crippen molar-refractivity contribution in [3.8, 4) is 0 Å². The van der Waals surface area contributed by atoms with Gasteiger partial charge in [-0.05, 0) is 6.07 Å². The number of ether oxygens (including phenoxy) is 2. The fourth-order valence-electron chi connectivity index (χ4n) is 2.05. The highest BCUT2D eigenvalue weighted by Crippen LogP contribution is 2.36. The van der Waals surface area contributed by atoms with Crippen molar-refractivity contribution < 1.29 is 27.4 Å². The maximum atomic E-state index is 13.3. The van der Waals surface area contributed by atoms with Crippen LogP contribution < -0.4 is 0 Å². The molecule has 1 aromatic carbocycles. The lowest BCUT2D eigenvalue weighted by Crippen LogP contribution is -2.24. The van der Waals surface area contributed by atoms with Crippen molar-refractivity contribution in [2.45, 2.75) is 26.9 Å². The Labute approximate surface area is 126 Å². The van der Waals surface area contributed by atoms with Crippen LogP contribution in [0.1, 0.15) is 42.3 Å². The Balaban J connectivity index is 2.53. The van der Waals surface area contributed by atoms with Crippen molar-refractivity contribution in [3.05, 3.63) is 41.2 Å². The molecule has 0 aliphatic carbocycles. The SMILES string of the molecule is CC(C)(C)C(=O)c1ccc(C2=COCCO2)cc1C(F)(F)F. The van der Waals surface area contributed by atoms with Crippen molar-refractivity contribution >= 4 is 11.5 Å². The van der Waals surface area contributed by atoms with Crippen molar-refractivity contribution in [1.82, 2.24) is 0 Å². The van der Waals surface area contributed by atoms with Gasteiger partial charge in [0.15, 0.2) is 11.5 Å². The summed E-state index contributed by atoms with van der Waals surface area (Å²) >= 11 is 0. The van der Waals surface area contributed by atoms with Crippen LogP contribution in [-0.2, 0) is 15.7 Å². The molecule has 120 valence electrons. The van der Waals surface area contributed by atoms with Gasteiger partial charge in [0.05, 0.1) is 5.56 Å². The number of rotatable bonds is 2. The smallest absolute Gasteiger partial charge is 0.417 e. The Morgan fingerprint density at radius 2 is 1.82 bits per heavy atom. The van der Waals surface area contributed by atoms with E-state index in [1.165, 1.54) is 18.4 Å². The first-order valence-electron chi connectivity index (χ1n) is 6.81. The number of benzene rings is 1. The number of carbonyl (C=O) groups excluding carboxylic acids is 1. The standard InChI is InChI=1S/C16H17F3O3/c1-15(2,3)14(20)11-5-4-10(8-12(11)16(17,18)19)13-9-21-6-7-22-13/h4-5,8-9H,6-7H2,1-3H3. The molecule has 1 heterocycles. The molecule has 0 saturated carbocycles. The summed E-state index contributed by atoms with van der Waals surface area (Å²) < 4.78 is 50.2. The molecule has 3 nitrogen and oxygen atoms in total. The minimum atomic E-state index is -4.62. The molecule has 0 fully saturated rings. The molecule has 0 radical (unpaired) electrons. The van der Waals surface area contributed by atoms with E-state index in [9.17, 15) is 18.0 Å². The van der Waals surface area contributed by atoms with Crippen LogP contribution in [0.5, 0.6) is 0 Å². The van der Waals surface area contributed by atoms with Crippen LogP contribution in [0.2, 0.25) is 0 Å². The number of Topliss-reactive ketones (excluding diaryl/α,β-unsaturated/α-hetero) is 1. The molecular formula is C16H17F3O3. The summed E-state index contributed by atoms with van der Waals surface area (Å²) in [5.41, 5.74) is -1.95. The van der Waals surface area contributed by atoms with Crippen molar-refractivity contribution in [3.63, 3.8) is 0 Å². The molecule has 2 rings (SSSR count). The number of alkyl halides is 3. The number of ketones is 1. The molecule has 0 unspecified atom stereocenters. The molecule has 1 aliphatic heterocycles. The lowest BCUT2D eigenvalue weighted by molar-refractivity contribution is -0.138. The second-order valence-corrected chi connectivity index (χ2v) is 6.04. The molecule has 6 heteroatoms. The predicted molar refractivity (Wildman–Crippen MR) is 75.1 cm³/mol. The summed E-state index contributed by atoms with van der Waals surface area (Å²) in [5.74, 6) is -0.326. The molecule has 0 bridgehead atoms. The Kier molecular flexibility index (Phi) is 4.22. The lowest BCUT2D eigenvalue weighted by atomic mass is 9.84. The van der Waals surface area contributed by atoms with E-state index in [-0.39, 0.29) is 23.5 Å². The molecule has 22 heavy (non-hydrogen) atoms. The zero-order chi connectivity index (χ0) is 16.5. The average Bonchev–Trinajstić information content (AvgIpc) is 2.45. The first-order chi connectivity index (χ1) is 10.1. The van der Waals surface area contributed by atoms with E-state index < -0.39 is 22.9 Å². The molecule has 0 aromatic heterocycles. The third kappa shape index (κ3) is 3.43. The van der Waals surface area contributed by atoms with Gasteiger partial charge in [0.25, 0.3) is 0 Å². The van der Waals surface area contributed by atoms with Gasteiger partial charge in [0, 0.05) is 16.5 Å². The van der Waals surface area contributed by atoms with E-state index in [0.717, 1.165) is 6.07 Å². The fourth-order valence-corrected chi connectivity index (χ4v) is 2.05. The molecule has 0 N–H and O–H groups in total. The van der Waals surface area contributed by atoms with E-state index in [0.29, 0.717) is 6.61 Å². The van der Waals surface area contributed by atoms with Gasteiger partial charge in [-0.3, -0.25) is 4.79 Å². The zero-order valence-electron chi connectivity index (χ0n) is 12.6. The minimum absolute atomic E-state index is 0.228. The summed E-state index contributed by atoms with van der Waals surface area (Å²) in [6.07, 6.45) is -3.34. The Hall–Kier alpha value is -1.98. The van der Waals surface area contributed by atoms with Gasteiger partial charge in [-0.1, -0.05) is 32.9 Å². The molecular weight excluding hydrogens is 297 g/mol. The summed E-state index contributed by atoms with van der Waals surface area (Å²) in [6, 6.07) is 3.57. The van der Waals surface area contributed by atoms with Crippen LogP contribution in [0.3, 0.4) is 0 Å². The van der Waals surface area contributed by atoms with Crippen LogP contribution in [0.25, 0.3) is 5.76 Å². The Morgan fingerprint density at radius 1 is 1.14 bits per heavy atom. The Bertz CT molecular complexity index is 610. The molecule has 1 aliphatic rings. The highest BCUT2D eigenvalue weighted by atomic mass is 19.4. The second-order valence-electron chi connectivity index (χ2n) is 6.04. The zero-order valence-corrected chi connectivity index (χ0v) is 12.6. The summed E-state index contributed by atoms with van der Waals surface area (Å²) in [4.78, 5) is 12.3. The first kappa shape index (κ1) is 16.4. The first-order valence-corrected chi connectivity index (χ1v) is 6.81. The predicted octanol–water partition coefficient (Wildman–Crippen LogP) is 4.28. The quantitative estimate of drug-likeness (QED) is 0.764. The van der Waals surface area contributed by atoms with Crippen LogP contribution in [0.4, 0.5) is 13.2 Å². The van der Waals surface area contributed by atoms with E-state index in [4.69, 9.17) is 9.47 Å². The minimum Gasteiger partial charge on any atom is -0.494 e. The molecule has 0 amide bonds. The van der Waals surface area contributed by atoms with Gasteiger partial charge >= 0.3 is 6.18 Å². The van der Waals surface area contributed by atoms with Crippen LogP contribution in [0, 0.1) is 5.41 Å². The van der Waals surface area contributed by atoms with Crippen molar-refractivity contribution in [2.24, 2.45) is 5.41 Å². The van der Waals surface area contributed by atoms with Crippen molar-refractivity contribution in [1.29, 1.82) is 0 Å². The number of hydrogen-bond donors (Lipinski definition) is 0. The van der Waals surface area contributed by atoms with E-state index in [1.807, 2.05) is 0 Å². The fraction of sp³-hybridized carbons (Fsp3) is 0.438. The van der Waals surface area contributed by atoms with Crippen LogP contribution >= 0.6 is 0 Å². The van der Waals surface area contributed by atoms with Gasteiger partial charge in [-0.2, -0.15) is 13.2 Å². The van der Waals surface area contributed by atoms with Gasteiger partial charge in [-0.25, -0.2) is 0 Å². The monoisotopic (exact) mass is 314 g/mol. The maximum absolute atomic E-state index is 13.3. The van der Waals surface area contributed by atoms with Crippen LogP contribution in [0.15, 0.2) is 24.5 Å². The molecule has 1 aromatic rings. The largest absolute Gasteiger partial charge is 0.494 e. The lowest BCUT2D eigenvalue weighted by Gasteiger charge is -2.22. The summed E-state index contributed by atoms with van der Waals surface area (Å²) in [6.45, 7) is 5.39. The average molecular weight is 314 g/mol. The number of halogens is 3. The topological polar surface area (TPSA) is 35.5 Å². The van der Waals surface area contributed by atoms with Crippen LogP contribution in [-0.4, -0.2) is 19.0 Å². The third-order valence-corrected chi connectivity index (χ3v) is 3.18. The normalized spacial score (nSPS) is 15.6. The van der Waals surface area contributed by atoms with Gasteiger partial charge in [0.2, 0.25) is 0 Å². The molecule has 0 spiro atoms. The highest BCUT2D eigenvalue weighted by molar-refractivity contribution is 6.01. The van der Waals surface area contributed by atoms with Gasteiger partial charge in [0.1, 0.15) is 19.5 Å². The number of hydrogen-bond acceptors (Lipinski definition) is 3. The van der Waals surface area contributed by atoms with Gasteiger partial charge in [-0.15, -0.1) is 0 Å². The van der Waals surface area contributed by atoms with E-state index >= 15 is 0 Å². The van der Waals surface area contributed by atoms with Gasteiger partial charge < -0.3 is 9.47 Å². The summed E-state index contributed by atoms with van der Waals surface area (Å²) in [7, 11) is 0. The summed E-state index contributed by atoms with van der Waals surface area (Å²) in [5, 5.41) is 0. The third-order valence-electron chi connectivity index (χ3n) is 3.18. The second kappa shape index (κ2) is 5.66. The molecule has 0 atom stereocenters. The van der Waals surface area contributed by atoms with E-state index in [1.54, 1.807) is 20.8 Å². The van der Waals surface area contributed by atoms with E-state index in [2.05, 4.69) is 0 Å². The molecule has 0 saturated heterocycles. The highest BCUT2D eigenvalue weighted by Gasteiger charge is 2.38. The number of carbonyl (C=O) groups is 1. The van der Waals surface area contributed by atoms with Crippen molar-refractivity contribution in [2.75, 3.05) is 13.2 Å². The maximum Gasteiger partial charge on any atom is 0.417 e. The Morgan fingerprint density at radius 3 is 2.32 bits per heavy atom.